The molecule has 6 nitrogen and oxygen atoms in total. The summed E-state index contributed by atoms with van der Waals surface area (Å²) in [5.74, 6) is 0. The summed E-state index contributed by atoms with van der Waals surface area (Å²) in [6.45, 7) is 8.01. The van der Waals surface area contributed by atoms with Crippen molar-refractivity contribution in [1.82, 2.24) is 4.90 Å². The molecule has 0 unspecified atom stereocenters. The number of nitrogens with one attached hydrogen (secondary N) is 1. The normalized spacial score (nSPS) is 11.1. The van der Waals surface area contributed by atoms with Gasteiger partial charge in [0.15, 0.2) is 0 Å². The fourth-order valence-corrected chi connectivity index (χ4v) is 2.06. The zero-order valence-electron chi connectivity index (χ0n) is 12.3. The van der Waals surface area contributed by atoms with E-state index in [0.29, 0.717) is 31.4 Å². The predicted octanol–water partition coefficient (Wildman–Crippen LogP) is 2.23. The number of aliphatic hydroxyl groups excluding tert-OH is 1. The minimum atomic E-state index is -0.379. The van der Waals surface area contributed by atoms with Crippen LogP contribution in [0.5, 0.6) is 0 Å². The van der Waals surface area contributed by atoms with Gasteiger partial charge in [-0.05, 0) is 32.4 Å². The number of rotatable bonds is 8. The maximum Gasteiger partial charge on any atom is 0.292 e. The molecule has 0 fully saturated rings. The largest absolute Gasteiger partial charge is 0.395 e. The highest BCUT2D eigenvalue weighted by molar-refractivity contribution is 5.62. The summed E-state index contributed by atoms with van der Waals surface area (Å²) in [6, 6.07) is 5.42. The molecule has 0 aliphatic carbocycles. The van der Waals surface area contributed by atoms with Crippen LogP contribution in [0.2, 0.25) is 0 Å². The average molecular weight is 281 g/mol. The highest BCUT2D eigenvalue weighted by Crippen LogP contribution is 2.26. The topological polar surface area (TPSA) is 78.6 Å². The Morgan fingerprint density at radius 1 is 1.45 bits per heavy atom. The van der Waals surface area contributed by atoms with Crippen LogP contribution in [0.4, 0.5) is 11.4 Å². The summed E-state index contributed by atoms with van der Waals surface area (Å²) in [5.41, 5.74) is 1.63. The van der Waals surface area contributed by atoms with Crippen molar-refractivity contribution in [3.05, 3.63) is 33.9 Å². The first-order chi connectivity index (χ1) is 9.49. The summed E-state index contributed by atoms with van der Waals surface area (Å²) in [6.07, 6.45) is 0. The van der Waals surface area contributed by atoms with Crippen LogP contribution in [0.15, 0.2) is 18.2 Å². The van der Waals surface area contributed by atoms with E-state index in [1.807, 2.05) is 13.0 Å². The molecule has 1 rings (SSSR count). The third-order valence-corrected chi connectivity index (χ3v) is 3.13. The molecule has 0 saturated carbocycles. The maximum atomic E-state index is 11.0. The molecule has 6 heteroatoms. The van der Waals surface area contributed by atoms with Gasteiger partial charge in [0, 0.05) is 31.7 Å². The standard InChI is InChI=1S/C14H23N3O3/c1-4-15-13-9-12(5-6-14(13)17(19)20)10-16(7-8-18)11(2)3/h5-6,9,11,15,18H,4,7-8,10H2,1-3H3. The van der Waals surface area contributed by atoms with Crippen LogP contribution in [-0.2, 0) is 6.54 Å². The van der Waals surface area contributed by atoms with E-state index in [9.17, 15) is 10.1 Å². The van der Waals surface area contributed by atoms with Crippen LogP contribution >= 0.6 is 0 Å². The van der Waals surface area contributed by atoms with Gasteiger partial charge in [-0.25, -0.2) is 0 Å². The second kappa shape index (κ2) is 7.81. The molecule has 0 heterocycles. The second-order valence-corrected chi connectivity index (χ2v) is 4.93. The Morgan fingerprint density at radius 2 is 2.15 bits per heavy atom. The molecule has 0 aromatic heterocycles. The predicted molar refractivity (Wildman–Crippen MR) is 79.9 cm³/mol. The fraction of sp³-hybridized carbons (Fsp3) is 0.571. The number of aliphatic hydroxyl groups is 1. The molecule has 0 radical (unpaired) electrons. The van der Waals surface area contributed by atoms with Gasteiger partial charge in [-0.15, -0.1) is 0 Å². The summed E-state index contributed by atoms with van der Waals surface area (Å²) in [5, 5.41) is 23.1. The first-order valence-corrected chi connectivity index (χ1v) is 6.85. The lowest BCUT2D eigenvalue weighted by atomic mass is 10.1. The molecule has 20 heavy (non-hydrogen) atoms. The Labute approximate surface area is 119 Å². The third-order valence-electron chi connectivity index (χ3n) is 3.13. The lowest BCUT2D eigenvalue weighted by Gasteiger charge is -2.25. The van der Waals surface area contributed by atoms with Gasteiger partial charge in [0.1, 0.15) is 5.69 Å². The number of hydrogen-bond donors (Lipinski definition) is 2. The highest BCUT2D eigenvalue weighted by atomic mass is 16.6. The quantitative estimate of drug-likeness (QED) is 0.564. The van der Waals surface area contributed by atoms with E-state index in [2.05, 4.69) is 24.1 Å². The van der Waals surface area contributed by atoms with Crippen LogP contribution < -0.4 is 5.32 Å². The number of benzene rings is 1. The Morgan fingerprint density at radius 3 is 2.65 bits per heavy atom. The van der Waals surface area contributed by atoms with Gasteiger partial charge in [-0.1, -0.05) is 6.07 Å². The van der Waals surface area contributed by atoms with Crippen LogP contribution in [0, 0.1) is 10.1 Å². The van der Waals surface area contributed by atoms with Gasteiger partial charge in [-0.2, -0.15) is 0 Å². The van der Waals surface area contributed by atoms with Crippen LogP contribution in [-0.4, -0.2) is 40.7 Å². The van der Waals surface area contributed by atoms with E-state index >= 15 is 0 Å². The number of nitro groups is 1. The average Bonchev–Trinajstić information content (AvgIpc) is 2.38. The van der Waals surface area contributed by atoms with Crippen molar-refractivity contribution in [3.63, 3.8) is 0 Å². The molecular formula is C14H23N3O3. The van der Waals surface area contributed by atoms with Crippen molar-refractivity contribution in [3.8, 4) is 0 Å². The molecule has 0 spiro atoms. The van der Waals surface area contributed by atoms with Gasteiger partial charge in [0.25, 0.3) is 5.69 Å². The molecule has 2 N–H and O–H groups in total. The summed E-state index contributed by atoms with van der Waals surface area (Å²) >= 11 is 0. The van der Waals surface area contributed by atoms with E-state index in [4.69, 9.17) is 5.11 Å². The molecule has 1 aromatic rings. The first-order valence-electron chi connectivity index (χ1n) is 6.85. The van der Waals surface area contributed by atoms with Gasteiger partial charge >= 0.3 is 0 Å². The Balaban J connectivity index is 2.95. The van der Waals surface area contributed by atoms with Crippen molar-refractivity contribution in [1.29, 1.82) is 0 Å². The van der Waals surface area contributed by atoms with E-state index < -0.39 is 0 Å². The van der Waals surface area contributed by atoms with E-state index in [-0.39, 0.29) is 17.2 Å². The van der Waals surface area contributed by atoms with Crippen molar-refractivity contribution in [2.45, 2.75) is 33.4 Å². The lowest BCUT2D eigenvalue weighted by molar-refractivity contribution is -0.384. The molecule has 1 aromatic carbocycles. The van der Waals surface area contributed by atoms with E-state index in [0.717, 1.165) is 5.56 Å². The maximum absolute atomic E-state index is 11.0. The summed E-state index contributed by atoms with van der Waals surface area (Å²) < 4.78 is 0. The number of nitro benzene ring substituents is 1. The van der Waals surface area contributed by atoms with Gasteiger partial charge in [-0.3, -0.25) is 15.0 Å². The number of anilines is 1. The van der Waals surface area contributed by atoms with E-state index in [1.165, 1.54) is 6.07 Å². The van der Waals surface area contributed by atoms with Crippen LogP contribution in [0.3, 0.4) is 0 Å². The van der Waals surface area contributed by atoms with Crippen molar-refractivity contribution >= 4 is 11.4 Å². The van der Waals surface area contributed by atoms with Crippen molar-refractivity contribution < 1.29 is 10.0 Å². The number of hydrogen-bond acceptors (Lipinski definition) is 5. The Bertz CT molecular complexity index is 449. The molecule has 0 aliphatic rings. The van der Waals surface area contributed by atoms with Gasteiger partial charge in [0.05, 0.1) is 11.5 Å². The highest BCUT2D eigenvalue weighted by Gasteiger charge is 2.15. The van der Waals surface area contributed by atoms with Gasteiger partial charge < -0.3 is 10.4 Å². The Hall–Kier alpha value is -1.66. The zero-order valence-corrected chi connectivity index (χ0v) is 12.3. The van der Waals surface area contributed by atoms with Crippen molar-refractivity contribution in [2.24, 2.45) is 0 Å². The zero-order chi connectivity index (χ0) is 15.1. The van der Waals surface area contributed by atoms with Gasteiger partial charge in [0.2, 0.25) is 0 Å². The molecule has 0 aliphatic heterocycles. The van der Waals surface area contributed by atoms with Crippen molar-refractivity contribution in [2.75, 3.05) is 25.0 Å². The third kappa shape index (κ3) is 4.47. The SMILES string of the molecule is CCNc1cc(CN(CCO)C(C)C)ccc1[N+](=O)[O-]. The van der Waals surface area contributed by atoms with E-state index in [1.54, 1.807) is 6.07 Å². The molecule has 0 amide bonds. The smallest absolute Gasteiger partial charge is 0.292 e. The lowest BCUT2D eigenvalue weighted by Crippen LogP contribution is -2.32. The monoisotopic (exact) mass is 281 g/mol. The molecular weight excluding hydrogens is 258 g/mol. The molecule has 0 saturated heterocycles. The fourth-order valence-electron chi connectivity index (χ4n) is 2.06. The summed E-state index contributed by atoms with van der Waals surface area (Å²) in [7, 11) is 0. The molecule has 0 atom stereocenters. The number of nitrogens with zero attached hydrogens (tertiary/aromatic N) is 2. The molecule has 112 valence electrons. The summed E-state index contributed by atoms with van der Waals surface area (Å²) in [4.78, 5) is 12.7. The molecule has 0 bridgehead atoms. The van der Waals surface area contributed by atoms with Crippen LogP contribution in [0.25, 0.3) is 0 Å². The minimum Gasteiger partial charge on any atom is -0.395 e. The second-order valence-electron chi connectivity index (χ2n) is 4.93. The van der Waals surface area contributed by atoms with Crippen LogP contribution in [0.1, 0.15) is 26.3 Å². The Kier molecular flexibility index (Phi) is 6.41. The minimum absolute atomic E-state index is 0.0915. The first kappa shape index (κ1) is 16.4.